The molecule has 0 bridgehead atoms. The van der Waals surface area contributed by atoms with Gasteiger partial charge in [0.15, 0.2) is 6.19 Å². The van der Waals surface area contributed by atoms with Crippen LogP contribution in [-0.4, -0.2) is 41.5 Å². The molecule has 0 fully saturated rings. The van der Waals surface area contributed by atoms with E-state index in [-0.39, 0.29) is 25.2 Å². The van der Waals surface area contributed by atoms with Crippen molar-refractivity contribution in [3.63, 3.8) is 0 Å². The molecule has 0 aliphatic heterocycles. The van der Waals surface area contributed by atoms with Gasteiger partial charge < -0.3 is 10.6 Å². The second-order valence-corrected chi connectivity index (χ2v) is 8.37. The molecule has 186 valence electrons. The molecule has 3 aromatic rings. The molecule has 10 heteroatoms. The minimum absolute atomic E-state index is 0.0479. The first kappa shape index (κ1) is 26.4. The lowest BCUT2D eigenvalue weighted by Gasteiger charge is -2.30. The summed E-state index contributed by atoms with van der Waals surface area (Å²) in [4.78, 5) is 26.0. The third-order valence-electron chi connectivity index (χ3n) is 5.33. The van der Waals surface area contributed by atoms with Crippen molar-refractivity contribution >= 4 is 29.1 Å². The van der Waals surface area contributed by atoms with Gasteiger partial charge in [-0.3, -0.25) is 9.59 Å². The smallest absolute Gasteiger partial charge is 0.264 e. The van der Waals surface area contributed by atoms with E-state index in [9.17, 15) is 23.6 Å². The predicted molar refractivity (Wildman–Crippen MR) is 132 cm³/mol. The number of halogens is 3. The topological polar surface area (TPSA) is 88.5 Å². The number of hydrazine groups is 1. The molecular weight excluding hydrogens is 488 g/mol. The Bertz CT molecular complexity index is 1240. The summed E-state index contributed by atoms with van der Waals surface area (Å²) in [6.45, 7) is -0.231. The second-order valence-electron chi connectivity index (χ2n) is 7.93. The molecule has 1 atom stereocenters. The van der Waals surface area contributed by atoms with Gasteiger partial charge >= 0.3 is 0 Å². The van der Waals surface area contributed by atoms with Crippen LogP contribution in [-0.2, 0) is 22.6 Å². The first-order valence-corrected chi connectivity index (χ1v) is 11.4. The molecule has 0 aliphatic rings. The third-order valence-corrected chi connectivity index (χ3v) is 5.58. The maximum atomic E-state index is 13.9. The summed E-state index contributed by atoms with van der Waals surface area (Å²) in [7, 11) is 1.44. The molecule has 7 nitrogen and oxygen atoms in total. The highest BCUT2D eigenvalue weighted by Crippen LogP contribution is 2.15. The Kier molecular flexibility index (Phi) is 9.19. The summed E-state index contributed by atoms with van der Waals surface area (Å²) < 4.78 is 27.0. The minimum Gasteiger partial charge on any atom is -0.374 e. The number of carbonyl (C=O) groups is 2. The fourth-order valence-corrected chi connectivity index (χ4v) is 3.55. The van der Waals surface area contributed by atoms with Crippen molar-refractivity contribution in [2.45, 2.75) is 19.0 Å². The lowest BCUT2D eigenvalue weighted by molar-refractivity contribution is -0.145. The van der Waals surface area contributed by atoms with Gasteiger partial charge in [-0.15, -0.1) is 0 Å². The zero-order valence-corrected chi connectivity index (χ0v) is 20.2. The van der Waals surface area contributed by atoms with E-state index in [2.05, 4.69) is 10.6 Å². The highest BCUT2D eigenvalue weighted by molar-refractivity contribution is 6.30. The molecule has 0 saturated heterocycles. The largest absolute Gasteiger partial charge is 0.374 e. The van der Waals surface area contributed by atoms with E-state index in [0.29, 0.717) is 11.1 Å². The summed E-state index contributed by atoms with van der Waals surface area (Å²) in [5.41, 5.74) is 1.51. The number of hydrogen-bond donors (Lipinski definition) is 2. The predicted octanol–water partition coefficient (Wildman–Crippen LogP) is 4.11. The second kappa shape index (κ2) is 12.5. The summed E-state index contributed by atoms with van der Waals surface area (Å²) in [5.74, 6) is -2.68. The number of nitrogens with zero attached hydrogens (tertiary/aromatic N) is 3. The molecule has 3 rings (SSSR count). The van der Waals surface area contributed by atoms with Gasteiger partial charge in [0, 0.05) is 24.6 Å². The highest BCUT2D eigenvalue weighted by Gasteiger charge is 2.27. The van der Waals surface area contributed by atoms with Crippen LogP contribution in [0, 0.1) is 23.1 Å². The van der Waals surface area contributed by atoms with E-state index in [1.807, 2.05) is 36.5 Å². The zero-order valence-electron chi connectivity index (χ0n) is 19.4. The van der Waals surface area contributed by atoms with Crippen molar-refractivity contribution in [3.8, 4) is 6.19 Å². The standard InChI is InChI=1S/C26H24ClF2N5O2/c1-33(34(17-30)16-19-7-9-20(27)10-8-19)26(36)24(13-18-5-3-2-4-6-18)32-25(35)15-31-23-12-11-21(28)14-22(23)29/h2-12,14,24,31H,13,15-16H2,1H3,(H,32,35)/t24-/m0/s1. The van der Waals surface area contributed by atoms with E-state index >= 15 is 0 Å². The quantitative estimate of drug-likeness (QED) is 0.243. The van der Waals surface area contributed by atoms with Crippen LogP contribution in [0.4, 0.5) is 14.5 Å². The number of benzene rings is 3. The number of rotatable bonds is 10. The molecule has 0 radical (unpaired) electrons. The van der Waals surface area contributed by atoms with Crippen LogP contribution in [0.25, 0.3) is 0 Å². The normalized spacial score (nSPS) is 11.2. The molecule has 0 spiro atoms. The summed E-state index contributed by atoms with van der Waals surface area (Å²) in [5, 5.41) is 17.8. The first-order valence-electron chi connectivity index (χ1n) is 11.0. The van der Waals surface area contributed by atoms with Gasteiger partial charge in [-0.05, 0) is 35.4 Å². The Hall–Kier alpha value is -4.16. The Morgan fingerprint density at radius 2 is 1.72 bits per heavy atom. The maximum absolute atomic E-state index is 13.9. The van der Waals surface area contributed by atoms with E-state index in [4.69, 9.17) is 11.6 Å². The van der Waals surface area contributed by atoms with Crippen molar-refractivity contribution in [1.29, 1.82) is 5.26 Å². The van der Waals surface area contributed by atoms with E-state index < -0.39 is 29.5 Å². The Morgan fingerprint density at radius 3 is 2.36 bits per heavy atom. The van der Waals surface area contributed by atoms with Crippen LogP contribution in [0.3, 0.4) is 0 Å². The van der Waals surface area contributed by atoms with E-state index in [0.717, 1.165) is 22.2 Å². The zero-order chi connectivity index (χ0) is 26.1. The Morgan fingerprint density at radius 1 is 1.03 bits per heavy atom. The van der Waals surface area contributed by atoms with Gasteiger partial charge in [-0.25, -0.2) is 18.8 Å². The van der Waals surface area contributed by atoms with Crippen LogP contribution in [0.1, 0.15) is 11.1 Å². The van der Waals surface area contributed by atoms with Crippen molar-refractivity contribution in [1.82, 2.24) is 15.3 Å². The SMILES string of the molecule is CN(C(=O)[C@H](Cc1ccccc1)NC(=O)CNc1ccc(F)cc1F)N(C#N)Cc1ccc(Cl)cc1. The molecule has 0 heterocycles. The van der Waals surface area contributed by atoms with Gasteiger partial charge in [0.2, 0.25) is 5.91 Å². The maximum Gasteiger partial charge on any atom is 0.264 e. The van der Waals surface area contributed by atoms with Crippen molar-refractivity contribution < 1.29 is 18.4 Å². The van der Waals surface area contributed by atoms with E-state index in [1.165, 1.54) is 18.1 Å². The molecule has 2 N–H and O–H groups in total. The summed E-state index contributed by atoms with van der Waals surface area (Å²) in [6, 6.07) is 17.9. The van der Waals surface area contributed by atoms with Crippen LogP contribution in [0.15, 0.2) is 72.8 Å². The molecular formula is C26H24ClF2N5O2. The van der Waals surface area contributed by atoms with Gasteiger partial charge in [-0.2, -0.15) is 5.26 Å². The van der Waals surface area contributed by atoms with Crippen LogP contribution < -0.4 is 10.6 Å². The van der Waals surface area contributed by atoms with Crippen molar-refractivity contribution in [3.05, 3.63) is 101 Å². The molecule has 0 aromatic heterocycles. The van der Waals surface area contributed by atoms with Gasteiger partial charge in [0.1, 0.15) is 17.7 Å². The van der Waals surface area contributed by atoms with Gasteiger partial charge in [0.25, 0.3) is 5.91 Å². The molecule has 2 amide bonds. The minimum atomic E-state index is -1.01. The fourth-order valence-electron chi connectivity index (χ4n) is 3.42. The number of amides is 2. The number of hydrogen-bond acceptors (Lipinski definition) is 5. The number of likely N-dealkylation sites (N-methyl/N-ethyl adjacent to an activating group) is 1. The number of carbonyl (C=O) groups excluding carboxylic acids is 2. The lowest BCUT2D eigenvalue weighted by atomic mass is 10.0. The van der Waals surface area contributed by atoms with Crippen LogP contribution >= 0.6 is 11.6 Å². The van der Waals surface area contributed by atoms with Crippen LogP contribution in [0.2, 0.25) is 5.02 Å². The summed E-state index contributed by atoms with van der Waals surface area (Å²) in [6.07, 6.45) is 2.15. The Balaban J connectivity index is 1.72. The number of anilines is 1. The van der Waals surface area contributed by atoms with E-state index in [1.54, 1.807) is 24.3 Å². The average Bonchev–Trinajstić information content (AvgIpc) is 2.87. The van der Waals surface area contributed by atoms with Gasteiger partial charge in [0.05, 0.1) is 18.8 Å². The van der Waals surface area contributed by atoms with Crippen molar-refractivity contribution in [2.75, 3.05) is 18.9 Å². The lowest BCUT2D eigenvalue weighted by Crippen LogP contribution is -2.53. The summed E-state index contributed by atoms with van der Waals surface area (Å²) >= 11 is 5.92. The third kappa shape index (κ3) is 7.42. The Labute approximate surface area is 212 Å². The van der Waals surface area contributed by atoms with Crippen LogP contribution in [0.5, 0.6) is 0 Å². The van der Waals surface area contributed by atoms with Gasteiger partial charge in [-0.1, -0.05) is 54.1 Å². The molecule has 0 aliphatic carbocycles. The molecule has 36 heavy (non-hydrogen) atoms. The number of nitriles is 1. The number of nitrogens with one attached hydrogen (secondary N) is 2. The monoisotopic (exact) mass is 511 g/mol. The highest BCUT2D eigenvalue weighted by atomic mass is 35.5. The first-order chi connectivity index (χ1) is 17.3. The fraction of sp³-hybridized carbons (Fsp3) is 0.192. The molecule has 0 saturated carbocycles. The van der Waals surface area contributed by atoms with Crippen molar-refractivity contribution in [2.24, 2.45) is 0 Å². The molecule has 0 unspecified atom stereocenters. The molecule has 3 aromatic carbocycles. The average molecular weight is 512 g/mol.